The highest BCUT2D eigenvalue weighted by Crippen LogP contribution is 2.33. The molecule has 0 aliphatic rings. The van der Waals surface area contributed by atoms with Gasteiger partial charge in [-0.05, 0) is 40.7 Å². The van der Waals surface area contributed by atoms with E-state index < -0.39 is 0 Å². The Hall–Kier alpha value is -1.24. The highest BCUT2D eigenvalue weighted by Gasteiger charge is 2.11. The summed E-state index contributed by atoms with van der Waals surface area (Å²) in [5.41, 5.74) is 9.29. The van der Waals surface area contributed by atoms with E-state index in [-0.39, 0.29) is 0 Å². The minimum atomic E-state index is 0.599. The number of nitrogens with two attached hydrogens (primary N) is 1. The van der Waals surface area contributed by atoms with Crippen molar-refractivity contribution < 1.29 is 4.42 Å². The smallest absolute Gasteiger partial charge is 0.192 e. The maximum Gasteiger partial charge on any atom is 0.192 e. The lowest BCUT2D eigenvalue weighted by Gasteiger charge is -1.95. The molecule has 0 saturated heterocycles. The summed E-state index contributed by atoms with van der Waals surface area (Å²) < 4.78 is 6.59. The lowest BCUT2D eigenvalue weighted by atomic mass is 10.2. The summed E-state index contributed by atoms with van der Waals surface area (Å²) in [7, 11) is 0. The van der Waals surface area contributed by atoms with Crippen molar-refractivity contribution >= 4 is 38.4 Å². The molecule has 0 atom stereocenters. The Labute approximate surface area is 122 Å². The first-order valence-electron chi connectivity index (χ1n) is 5.90. The summed E-state index contributed by atoms with van der Waals surface area (Å²) in [6.07, 6.45) is 0.779. The van der Waals surface area contributed by atoms with Crippen molar-refractivity contribution in [2.75, 3.05) is 6.54 Å². The summed E-state index contributed by atoms with van der Waals surface area (Å²) in [6, 6.07) is 5.95. The second-order valence-corrected chi connectivity index (χ2v) is 6.51. The number of oxazole rings is 1. The Kier molecular flexibility index (Phi) is 3.38. The standard InChI is InChI=1S/C13H12BrN3OS/c1-7-16-9-3-2-8(6-11(9)18-7)13-17-10(4-5-15)12(14)19-13/h2-3,6H,4-5,15H2,1H3. The number of fused-ring (bicyclic) bond motifs is 1. The number of hydrogen-bond donors (Lipinski definition) is 1. The van der Waals surface area contributed by atoms with Crippen molar-refractivity contribution in [2.24, 2.45) is 5.73 Å². The van der Waals surface area contributed by atoms with Crippen LogP contribution < -0.4 is 5.73 Å². The predicted molar refractivity (Wildman–Crippen MR) is 80.3 cm³/mol. The number of benzene rings is 1. The number of hydrogen-bond acceptors (Lipinski definition) is 5. The van der Waals surface area contributed by atoms with Gasteiger partial charge in [-0.15, -0.1) is 11.3 Å². The van der Waals surface area contributed by atoms with Gasteiger partial charge in [0.1, 0.15) is 10.5 Å². The molecule has 0 unspecified atom stereocenters. The molecule has 2 aromatic heterocycles. The molecule has 0 radical (unpaired) electrons. The summed E-state index contributed by atoms with van der Waals surface area (Å²) in [4.78, 5) is 8.90. The van der Waals surface area contributed by atoms with E-state index in [4.69, 9.17) is 10.2 Å². The Morgan fingerprint density at radius 1 is 1.37 bits per heavy atom. The van der Waals surface area contributed by atoms with E-state index in [0.29, 0.717) is 12.4 Å². The zero-order valence-corrected chi connectivity index (χ0v) is 12.7. The van der Waals surface area contributed by atoms with E-state index in [1.807, 2.05) is 25.1 Å². The third-order valence-electron chi connectivity index (χ3n) is 2.77. The number of aromatic nitrogens is 2. The average molecular weight is 338 g/mol. The van der Waals surface area contributed by atoms with E-state index in [1.54, 1.807) is 11.3 Å². The number of thiazole rings is 1. The molecule has 0 spiro atoms. The minimum Gasteiger partial charge on any atom is -0.441 e. The molecule has 4 nitrogen and oxygen atoms in total. The van der Waals surface area contributed by atoms with Crippen molar-refractivity contribution in [3.8, 4) is 10.6 Å². The second-order valence-electron chi connectivity index (χ2n) is 4.19. The monoisotopic (exact) mass is 337 g/mol. The maximum absolute atomic E-state index is 5.58. The van der Waals surface area contributed by atoms with Crippen LogP contribution in [0.4, 0.5) is 0 Å². The van der Waals surface area contributed by atoms with Crippen molar-refractivity contribution in [3.63, 3.8) is 0 Å². The molecule has 1 aromatic carbocycles. The van der Waals surface area contributed by atoms with Crippen LogP contribution in [0.2, 0.25) is 0 Å². The summed E-state index contributed by atoms with van der Waals surface area (Å²) >= 11 is 5.14. The minimum absolute atomic E-state index is 0.599. The molecule has 0 bridgehead atoms. The van der Waals surface area contributed by atoms with Gasteiger partial charge in [-0.3, -0.25) is 0 Å². The van der Waals surface area contributed by atoms with Gasteiger partial charge >= 0.3 is 0 Å². The Morgan fingerprint density at radius 3 is 3.00 bits per heavy atom. The number of halogens is 1. The fourth-order valence-corrected chi connectivity index (χ4v) is 3.50. The highest BCUT2D eigenvalue weighted by atomic mass is 79.9. The normalized spacial score (nSPS) is 11.3. The first-order valence-corrected chi connectivity index (χ1v) is 7.51. The van der Waals surface area contributed by atoms with Crippen LogP contribution in [0.5, 0.6) is 0 Å². The van der Waals surface area contributed by atoms with Gasteiger partial charge in [-0.2, -0.15) is 0 Å². The van der Waals surface area contributed by atoms with Crippen LogP contribution in [0.15, 0.2) is 26.4 Å². The Morgan fingerprint density at radius 2 is 2.21 bits per heavy atom. The topological polar surface area (TPSA) is 64.9 Å². The van der Waals surface area contributed by atoms with E-state index in [1.165, 1.54) is 0 Å². The average Bonchev–Trinajstić information content (AvgIpc) is 2.91. The number of nitrogens with zero attached hydrogens (tertiary/aromatic N) is 2. The van der Waals surface area contributed by atoms with Gasteiger partial charge in [0.2, 0.25) is 0 Å². The van der Waals surface area contributed by atoms with E-state index >= 15 is 0 Å². The molecule has 2 N–H and O–H groups in total. The van der Waals surface area contributed by atoms with Gasteiger partial charge in [-0.25, -0.2) is 9.97 Å². The third kappa shape index (κ3) is 2.43. The molecule has 0 amide bonds. The third-order valence-corrected chi connectivity index (χ3v) is 4.65. The Balaban J connectivity index is 2.05. The molecular formula is C13H12BrN3OS. The Bertz CT molecular complexity index is 735. The first kappa shape index (κ1) is 12.8. The van der Waals surface area contributed by atoms with Gasteiger partial charge in [-0.1, -0.05) is 0 Å². The van der Waals surface area contributed by atoms with E-state index in [0.717, 1.165) is 37.6 Å². The van der Waals surface area contributed by atoms with Crippen molar-refractivity contribution in [3.05, 3.63) is 33.6 Å². The summed E-state index contributed by atoms with van der Waals surface area (Å²) in [5, 5.41) is 0.964. The van der Waals surface area contributed by atoms with Crippen LogP contribution in [0.25, 0.3) is 21.7 Å². The van der Waals surface area contributed by atoms with Gasteiger partial charge < -0.3 is 10.2 Å². The molecule has 98 valence electrons. The van der Waals surface area contributed by atoms with Crippen LogP contribution >= 0.6 is 27.3 Å². The van der Waals surface area contributed by atoms with Gasteiger partial charge in [0, 0.05) is 18.9 Å². The molecule has 3 rings (SSSR count). The van der Waals surface area contributed by atoms with Gasteiger partial charge in [0.15, 0.2) is 11.5 Å². The lowest BCUT2D eigenvalue weighted by Crippen LogP contribution is -2.03. The molecule has 3 aromatic rings. The molecule has 0 saturated carbocycles. The summed E-state index contributed by atoms with van der Waals surface area (Å²) in [5.74, 6) is 0.677. The molecule has 19 heavy (non-hydrogen) atoms. The highest BCUT2D eigenvalue weighted by molar-refractivity contribution is 9.11. The fraction of sp³-hybridized carbons (Fsp3) is 0.231. The molecular weight excluding hydrogens is 326 g/mol. The SMILES string of the molecule is Cc1nc2ccc(-c3nc(CCN)c(Br)s3)cc2o1. The number of aryl methyl sites for hydroxylation is 1. The fourth-order valence-electron chi connectivity index (χ4n) is 1.92. The second kappa shape index (κ2) is 5.03. The van der Waals surface area contributed by atoms with Crippen LogP contribution in [0.1, 0.15) is 11.6 Å². The maximum atomic E-state index is 5.58. The molecule has 6 heteroatoms. The quantitative estimate of drug-likeness (QED) is 0.794. The molecule has 2 heterocycles. The molecule has 0 fully saturated rings. The van der Waals surface area contributed by atoms with Crippen LogP contribution in [0, 0.1) is 6.92 Å². The number of rotatable bonds is 3. The van der Waals surface area contributed by atoms with Crippen molar-refractivity contribution in [1.82, 2.24) is 9.97 Å². The van der Waals surface area contributed by atoms with Crippen molar-refractivity contribution in [1.29, 1.82) is 0 Å². The zero-order chi connectivity index (χ0) is 13.4. The largest absolute Gasteiger partial charge is 0.441 e. The molecule has 0 aliphatic heterocycles. The lowest BCUT2D eigenvalue weighted by molar-refractivity contribution is 0.561. The molecule has 0 aliphatic carbocycles. The van der Waals surface area contributed by atoms with Crippen LogP contribution in [0.3, 0.4) is 0 Å². The van der Waals surface area contributed by atoms with Crippen molar-refractivity contribution in [2.45, 2.75) is 13.3 Å². The van der Waals surface area contributed by atoms with E-state index in [2.05, 4.69) is 25.9 Å². The van der Waals surface area contributed by atoms with Crippen LogP contribution in [-0.2, 0) is 6.42 Å². The first-order chi connectivity index (χ1) is 9.17. The zero-order valence-electron chi connectivity index (χ0n) is 10.3. The summed E-state index contributed by atoms with van der Waals surface area (Å²) in [6.45, 7) is 2.45. The van der Waals surface area contributed by atoms with Crippen LogP contribution in [-0.4, -0.2) is 16.5 Å². The predicted octanol–water partition coefficient (Wildman–Crippen LogP) is 3.52. The van der Waals surface area contributed by atoms with E-state index in [9.17, 15) is 0 Å². The van der Waals surface area contributed by atoms with Gasteiger partial charge in [0.25, 0.3) is 0 Å². The van der Waals surface area contributed by atoms with Gasteiger partial charge in [0.05, 0.1) is 9.48 Å².